The highest BCUT2D eigenvalue weighted by molar-refractivity contribution is 7.80. The summed E-state index contributed by atoms with van der Waals surface area (Å²) in [6, 6.07) is 4.11. The van der Waals surface area contributed by atoms with Crippen LogP contribution in [0.3, 0.4) is 0 Å². The molecule has 0 atom stereocenters. The predicted octanol–water partition coefficient (Wildman–Crippen LogP) is 2.23. The second-order valence-electron chi connectivity index (χ2n) is 2.82. The molecule has 0 radical (unpaired) electrons. The van der Waals surface area contributed by atoms with Gasteiger partial charge in [0.25, 0.3) is 0 Å². The highest BCUT2D eigenvalue weighted by atomic mass is 32.1. The van der Waals surface area contributed by atoms with Crippen LogP contribution in [0.1, 0.15) is 15.9 Å². The fourth-order valence-electron chi connectivity index (χ4n) is 1.14. The van der Waals surface area contributed by atoms with E-state index in [4.69, 9.17) is 5.26 Å². The molecule has 0 N–H and O–H groups in total. The molecule has 1 aromatic rings. The maximum atomic E-state index is 12.1. The van der Waals surface area contributed by atoms with E-state index in [1.54, 1.807) is 6.07 Å². The number of esters is 1. The molecule has 90 valence electrons. The lowest BCUT2D eigenvalue weighted by Crippen LogP contribution is -2.08. The number of nitrogens with zero attached hydrogens (tertiary/aromatic N) is 1. The van der Waals surface area contributed by atoms with Gasteiger partial charge in [0.1, 0.15) is 6.07 Å². The summed E-state index contributed by atoms with van der Waals surface area (Å²) in [6.45, 7) is -3.11. The number of thiol groups is 1. The molecule has 7 heteroatoms. The molecule has 17 heavy (non-hydrogen) atoms. The van der Waals surface area contributed by atoms with Crippen molar-refractivity contribution in [3.63, 3.8) is 0 Å². The first-order valence-corrected chi connectivity index (χ1v) is 4.75. The third-order valence-corrected chi connectivity index (χ3v) is 2.31. The van der Waals surface area contributed by atoms with Crippen molar-refractivity contribution in [2.75, 3.05) is 7.11 Å². The number of carbonyl (C=O) groups is 1. The summed E-state index contributed by atoms with van der Waals surface area (Å²) in [5, 5.41) is 8.72. The van der Waals surface area contributed by atoms with Gasteiger partial charge in [0.2, 0.25) is 0 Å². The normalized spacial score (nSPS) is 9.88. The van der Waals surface area contributed by atoms with Gasteiger partial charge in [-0.05, 0) is 12.1 Å². The molecule has 0 amide bonds. The number of alkyl halides is 2. The van der Waals surface area contributed by atoms with Crippen LogP contribution >= 0.6 is 12.6 Å². The van der Waals surface area contributed by atoms with Crippen molar-refractivity contribution in [1.29, 1.82) is 5.26 Å². The summed E-state index contributed by atoms with van der Waals surface area (Å²) < 4.78 is 32.9. The SMILES string of the molecule is COC(=O)c1ccc(C#N)c(OC(F)F)c1S. The largest absolute Gasteiger partial charge is 0.465 e. The Kier molecular flexibility index (Phi) is 4.29. The van der Waals surface area contributed by atoms with Crippen molar-refractivity contribution >= 4 is 18.6 Å². The van der Waals surface area contributed by atoms with Crippen molar-refractivity contribution in [1.82, 2.24) is 0 Å². The highest BCUT2D eigenvalue weighted by Crippen LogP contribution is 2.32. The van der Waals surface area contributed by atoms with E-state index in [9.17, 15) is 13.6 Å². The number of methoxy groups -OCH3 is 1. The van der Waals surface area contributed by atoms with Gasteiger partial charge in [-0.2, -0.15) is 14.0 Å². The first kappa shape index (κ1) is 13.3. The van der Waals surface area contributed by atoms with Crippen LogP contribution in [0.25, 0.3) is 0 Å². The van der Waals surface area contributed by atoms with Crippen molar-refractivity contribution in [2.45, 2.75) is 11.5 Å². The Labute approximate surface area is 101 Å². The summed E-state index contributed by atoms with van der Waals surface area (Å²) in [4.78, 5) is 11.1. The van der Waals surface area contributed by atoms with Gasteiger partial charge in [-0.15, -0.1) is 12.6 Å². The van der Waals surface area contributed by atoms with Crippen LogP contribution in [0.2, 0.25) is 0 Å². The van der Waals surface area contributed by atoms with E-state index in [1.165, 1.54) is 12.1 Å². The highest BCUT2D eigenvalue weighted by Gasteiger charge is 2.19. The number of rotatable bonds is 3. The second kappa shape index (κ2) is 5.50. The van der Waals surface area contributed by atoms with Gasteiger partial charge in [-0.25, -0.2) is 4.79 Å². The molecule has 0 heterocycles. The van der Waals surface area contributed by atoms with Crippen LogP contribution < -0.4 is 4.74 Å². The zero-order valence-electron chi connectivity index (χ0n) is 8.61. The quantitative estimate of drug-likeness (QED) is 0.668. The maximum Gasteiger partial charge on any atom is 0.387 e. The summed E-state index contributed by atoms with van der Waals surface area (Å²) in [6.07, 6.45) is 0. The molecule has 0 aliphatic heterocycles. The molecule has 1 aromatic carbocycles. The van der Waals surface area contributed by atoms with Crippen molar-refractivity contribution in [3.05, 3.63) is 23.3 Å². The van der Waals surface area contributed by atoms with Crippen LogP contribution in [0.5, 0.6) is 5.75 Å². The van der Waals surface area contributed by atoms with Crippen molar-refractivity contribution in [3.8, 4) is 11.8 Å². The van der Waals surface area contributed by atoms with E-state index in [2.05, 4.69) is 22.1 Å². The molecule has 0 saturated heterocycles. The van der Waals surface area contributed by atoms with E-state index in [-0.39, 0.29) is 16.0 Å². The fourth-order valence-corrected chi connectivity index (χ4v) is 1.48. The Morgan fingerprint density at radius 2 is 2.18 bits per heavy atom. The van der Waals surface area contributed by atoms with E-state index >= 15 is 0 Å². The molecule has 0 aliphatic rings. The lowest BCUT2D eigenvalue weighted by atomic mass is 10.1. The standard InChI is InChI=1S/C10H7F2NO3S/c1-15-9(14)6-3-2-5(4-13)7(8(6)17)16-10(11)12/h2-3,10,17H,1H3. The number of hydrogen-bond donors (Lipinski definition) is 1. The smallest absolute Gasteiger partial charge is 0.387 e. The monoisotopic (exact) mass is 259 g/mol. The van der Waals surface area contributed by atoms with Gasteiger partial charge in [0.15, 0.2) is 5.75 Å². The van der Waals surface area contributed by atoms with Gasteiger partial charge >= 0.3 is 12.6 Å². The molecule has 4 nitrogen and oxygen atoms in total. The molecular weight excluding hydrogens is 252 g/mol. The minimum atomic E-state index is -3.11. The van der Waals surface area contributed by atoms with Crippen LogP contribution in [0.4, 0.5) is 8.78 Å². The summed E-state index contributed by atoms with van der Waals surface area (Å²) in [5.74, 6) is -1.19. The van der Waals surface area contributed by atoms with Gasteiger partial charge < -0.3 is 9.47 Å². The third kappa shape index (κ3) is 2.85. The molecule has 0 bridgehead atoms. The first-order chi connectivity index (χ1) is 8.01. The Hall–Kier alpha value is -1.81. The minimum Gasteiger partial charge on any atom is -0.465 e. The molecule has 0 aliphatic carbocycles. The number of halogens is 2. The van der Waals surface area contributed by atoms with Gasteiger partial charge in [0.05, 0.1) is 23.1 Å². The first-order valence-electron chi connectivity index (χ1n) is 4.30. The van der Waals surface area contributed by atoms with Crippen LogP contribution in [0.15, 0.2) is 17.0 Å². The van der Waals surface area contributed by atoms with Crippen LogP contribution in [-0.2, 0) is 4.74 Å². The molecule has 0 fully saturated rings. The van der Waals surface area contributed by atoms with Crippen LogP contribution in [-0.4, -0.2) is 19.7 Å². The van der Waals surface area contributed by atoms with E-state index in [0.29, 0.717) is 0 Å². The Balaban J connectivity index is 3.33. The summed E-state index contributed by atoms with van der Waals surface area (Å²) in [5.41, 5.74) is -0.187. The lowest BCUT2D eigenvalue weighted by molar-refractivity contribution is -0.0519. The zero-order chi connectivity index (χ0) is 13.0. The molecule has 1 rings (SSSR count). The molecular formula is C10H7F2NO3S. The number of benzene rings is 1. The number of carbonyl (C=O) groups excluding carboxylic acids is 1. The molecule has 0 spiro atoms. The van der Waals surface area contributed by atoms with Gasteiger partial charge in [-0.3, -0.25) is 0 Å². The van der Waals surface area contributed by atoms with Gasteiger partial charge in [-0.1, -0.05) is 0 Å². The van der Waals surface area contributed by atoms with Gasteiger partial charge in [0, 0.05) is 0 Å². The molecule has 0 aromatic heterocycles. The topological polar surface area (TPSA) is 59.3 Å². The van der Waals surface area contributed by atoms with Crippen molar-refractivity contribution < 1.29 is 23.0 Å². The van der Waals surface area contributed by atoms with Crippen LogP contribution in [0, 0.1) is 11.3 Å². The van der Waals surface area contributed by atoms with Crippen molar-refractivity contribution in [2.24, 2.45) is 0 Å². The number of hydrogen-bond acceptors (Lipinski definition) is 5. The number of nitriles is 1. The van der Waals surface area contributed by atoms with E-state index < -0.39 is 18.3 Å². The Morgan fingerprint density at radius 3 is 2.65 bits per heavy atom. The van der Waals surface area contributed by atoms with E-state index in [0.717, 1.165) is 7.11 Å². The fraction of sp³-hybridized carbons (Fsp3) is 0.200. The average Bonchev–Trinajstić information content (AvgIpc) is 2.30. The van der Waals surface area contributed by atoms with E-state index in [1.807, 2.05) is 0 Å². The average molecular weight is 259 g/mol. The molecule has 0 saturated carbocycles. The lowest BCUT2D eigenvalue weighted by Gasteiger charge is -2.11. The summed E-state index contributed by atoms with van der Waals surface area (Å²) in [7, 11) is 1.14. The predicted molar refractivity (Wildman–Crippen MR) is 56.4 cm³/mol. The Bertz CT molecular complexity index is 485. The number of ether oxygens (including phenoxy) is 2. The summed E-state index contributed by atoms with van der Waals surface area (Å²) >= 11 is 3.89. The third-order valence-electron chi connectivity index (χ3n) is 1.86. The zero-order valence-corrected chi connectivity index (χ0v) is 9.50. The molecule has 0 unspecified atom stereocenters. The second-order valence-corrected chi connectivity index (χ2v) is 3.27. The Morgan fingerprint density at radius 1 is 1.53 bits per heavy atom. The maximum absolute atomic E-state index is 12.1. The minimum absolute atomic E-state index is 0.0505.